The number of hydrogen-bond acceptors (Lipinski definition) is 6. The maximum Gasteiger partial charge on any atom is 0.394 e. The first-order valence-electron chi connectivity index (χ1n) is 6.28. The first-order chi connectivity index (χ1) is 10.5. The molecule has 2 rings (SSSR count). The Balaban J connectivity index is 2.12. The van der Waals surface area contributed by atoms with E-state index in [4.69, 9.17) is 9.84 Å². The lowest BCUT2D eigenvalue weighted by Gasteiger charge is -2.02. The molecule has 2 aromatic rings. The number of rotatable bonds is 4. The molecule has 2 N–H and O–H groups in total. The average molecular weight is 320 g/mol. The molecular formula is C14H12N2O5S. The number of anilines is 1. The first-order valence-corrected chi connectivity index (χ1v) is 7.16. The molecule has 114 valence electrons. The number of aromatic nitrogens is 1. The Morgan fingerprint density at radius 1 is 1.27 bits per heavy atom. The van der Waals surface area contributed by atoms with Gasteiger partial charge in [-0.2, -0.15) is 0 Å². The monoisotopic (exact) mass is 320 g/mol. The van der Waals surface area contributed by atoms with Crippen LogP contribution >= 0.6 is 11.3 Å². The SMILES string of the molecule is CCOC(=O)c1ccc(-c2csc(NC(=O)C(=O)O)n2)cc1. The van der Waals surface area contributed by atoms with E-state index in [2.05, 4.69) is 10.3 Å². The molecule has 8 heteroatoms. The lowest BCUT2D eigenvalue weighted by atomic mass is 10.1. The summed E-state index contributed by atoms with van der Waals surface area (Å²) in [7, 11) is 0. The fraction of sp³-hybridized carbons (Fsp3) is 0.143. The van der Waals surface area contributed by atoms with E-state index in [-0.39, 0.29) is 5.13 Å². The van der Waals surface area contributed by atoms with Crippen LogP contribution in [0, 0.1) is 0 Å². The number of nitrogens with zero attached hydrogens (tertiary/aromatic N) is 1. The number of carboxylic acids is 1. The van der Waals surface area contributed by atoms with Crippen molar-refractivity contribution in [1.82, 2.24) is 4.98 Å². The quantitative estimate of drug-likeness (QED) is 0.659. The number of thiazole rings is 1. The highest BCUT2D eigenvalue weighted by Crippen LogP contribution is 2.25. The smallest absolute Gasteiger partial charge is 0.394 e. The number of esters is 1. The van der Waals surface area contributed by atoms with E-state index in [1.165, 1.54) is 0 Å². The number of ether oxygens (including phenoxy) is 1. The van der Waals surface area contributed by atoms with Gasteiger partial charge in [0, 0.05) is 10.9 Å². The number of benzene rings is 1. The van der Waals surface area contributed by atoms with Gasteiger partial charge in [-0.1, -0.05) is 12.1 Å². The van der Waals surface area contributed by atoms with Crippen molar-refractivity contribution in [3.63, 3.8) is 0 Å². The number of aliphatic carboxylic acids is 1. The molecule has 1 heterocycles. The Morgan fingerprint density at radius 3 is 2.55 bits per heavy atom. The third-order valence-electron chi connectivity index (χ3n) is 2.61. The standard InChI is InChI=1S/C14H12N2O5S/c1-2-21-13(20)9-5-3-8(4-6-9)10-7-22-14(15-10)16-11(17)12(18)19/h3-7H,2H2,1H3,(H,18,19)(H,15,16,17). The third-order valence-corrected chi connectivity index (χ3v) is 3.37. The van der Waals surface area contributed by atoms with Gasteiger partial charge >= 0.3 is 17.8 Å². The zero-order valence-electron chi connectivity index (χ0n) is 11.5. The van der Waals surface area contributed by atoms with Crippen molar-refractivity contribution < 1.29 is 24.2 Å². The van der Waals surface area contributed by atoms with E-state index < -0.39 is 17.8 Å². The fourth-order valence-electron chi connectivity index (χ4n) is 1.61. The molecule has 0 saturated heterocycles. The Kier molecular flexibility index (Phi) is 4.84. The van der Waals surface area contributed by atoms with E-state index in [1.54, 1.807) is 36.6 Å². The van der Waals surface area contributed by atoms with Gasteiger partial charge in [0.25, 0.3) is 0 Å². The summed E-state index contributed by atoms with van der Waals surface area (Å²) in [5, 5.41) is 12.6. The summed E-state index contributed by atoms with van der Waals surface area (Å²) in [5.41, 5.74) is 1.74. The molecule has 0 radical (unpaired) electrons. The molecule has 22 heavy (non-hydrogen) atoms. The molecule has 0 aliphatic carbocycles. The van der Waals surface area contributed by atoms with Crippen molar-refractivity contribution in [2.24, 2.45) is 0 Å². The van der Waals surface area contributed by atoms with Gasteiger partial charge < -0.3 is 9.84 Å². The zero-order chi connectivity index (χ0) is 16.1. The maximum absolute atomic E-state index is 11.5. The third kappa shape index (κ3) is 3.67. The molecule has 0 aliphatic heterocycles. The van der Waals surface area contributed by atoms with Crippen LogP contribution in [-0.4, -0.2) is 34.5 Å². The summed E-state index contributed by atoms with van der Waals surface area (Å²) in [6.07, 6.45) is 0. The van der Waals surface area contributed by atoms with E-state index in [9.17, 15) is 14.4 Å². The molecule has 0 atom stereocenters. The van der Waals surface area contributed by atoms with Crippen molar-refractivity contribution in [2.75, 3.05) is 11.9 Å². The van der Waals surface area contributed by atoms with Gasteiger partial charge in [0.15, 0.2) is 5.13 Å². The van der Waals surface area contributed by atoms with Crippen molar-refractivity contribution in [1.29, 1.82) is 0 Å². The number of nitrogens with one attached hydrogen (secondary N) is 1. The highest BCUT2D eigenvalue weighted by atomic mass is 32.1. The number of amides is 1. The summed E-state index contributed by atoms with van der Waals surface area (Å²) in [6, 6.07) is 6.62. The molecule has 0 bridgehead atoms. The van der Waals surface area contributed by atoms with Gasteiger partial charge in [-0.15, -0.1) is 11.3 Å². The second-order valence-electron chi connectivity index (χ2n) is 4.09. The summed E-state index contributed by atoms with van der Waals surface area (Å²) >= 11 is 1.11. The minimum Gasteiger partial charge on any atom is -0.474 e. The van der Waals surface area contributed by atoms with Gasteiger partial charge in [0.05, 0.1) is 17.9 Å². The highest BCUT2D eigenvalue weighted by Gasteiger charge is 2.14. The van der Waals surface area contributed by atoms with Crippen LogP contribution < -0.4 is 5.32 Å². The number of carboxylic acid groups (broad SMARTS) is 1. The molecule has 1 aromatic carbocycles. The molecule has 0 spiro atoms. The van der Waals surface area contributed by atoms with E-state index in [1.807, 2.05) is 0 Å². The maximum atomic E-state index is 11.5. The molecule has 0 aliphatic rings. The van der Waals surface area contributed by atoms with Crippen LogP contribution in [0.5, 0.6) is 0 Å². The molecule has 0 saturated carbocycles. The van der Waals surface area contributed by atoms with E-state index in [0.29, 0.717) is 17.9 Å². The molecular weight excluding hydrogens is 308 g/mol. The minimum atomic E-state index is -1.57. The van der Waals surface area contributed by atoms with Crippen LogP contribution in [0.4, 0.5) is 5.13 Å². The topological polar surface area (TPSA) is 106 Å². The number of carbonyl (C=O) groups excluding carboxylic acids is 2. The molecule has 0 fully saturated rings. The summed E-state index contributed by atoms with van der Waals surface area (Å²) in [4.78, 5) is 37.2. The van der Waals surface area contributed by atoms with Crippen LogP contribution in [0.1, 0.15) is 17.3 Å². The first kappa shape index (κ1) is 15.6. The van der Waals surface area contributed by atoms with Gasteiger partial charge in [0.1, 0.15) is 0 Å². The van der Waals surface area contributed by atoms with Gasteiger partial charge in [0.2, 0.25) is 0 Å². The second-order valence-corrected chi connectivity index (χ2v) is 4.95. The van der Waals surface area contributed by atoms with Gasteiger partial charge in [-0.05, 0) is 19.1 Å². The Hall–Kier alpha value is -2.74. The zero-order valence-corrected chi connectivity index (χ0v) is 12.3. The van der Waals surface area contributed by atoms with Crippen LogP contribution in [0.15, 0.2) is 29.6 Å². The highest BCUT2D eigenvalue weighted by molar-refractivity contribution is 7.14. The van der Waals surface area contributed by atoms with Crippen molar-refractivity contribution in [2.45, 2.75) is 6.92 Å². The predicted octanol–water partition coefficient (Wildman–Crippen LogP) is 2.01. The van der Waals surface area contributed by atoms with Crippen molar-refractivity contribution >= 4 is 34.3 Å². The van der Waals surface area contributed by atoms with Crippen LogP contribution in [0.25, 0.3) is 11.3 Å². The fourth-order valence-corrected chi connectivity index (χ4v) is 2.32. The predicted molar refractivity (Wildman–Crippen MR) is 79.8 cm³/mol. The molecule has 7 nitrogen and oxygen atoms in total. The lowest BCUT2D eigenvalue weighted by molar-refractivity contribution is -0.147. The summed E-state index contributed by atoms with van der Waals surface area (Å²) in [5.74, 6) is -3.11. The van der Waals surface area contributed by atoms with E-state index >= 15 is 0 Å². The Bertz CT molecular complexity index is 708. The van der Waals surface area contributed by atoms with Crippen LogP contribution in [-0.2, 0) is 14.3 Å². The van der Waals surface area contributed by atoms with Crippen molar-refractivity contribution in [3.8, 4) is 11.3 Å². The van der Waals surface area contributed by atoms with Gasteiger partial charge in [-0.25, -0.2) is 14.6 Å². The normalized spacial score (nSPS) is 10.0. The largest absolute Gasteiger partial charge is 0.474 e. The van der Waals surface area contributed by atoms with Gasteiger partial charge in [-0.3, -0.25) is 10.1 Å². The molecule has 1 aromatic heterocycles. The Labute approximate surface area is 129 Å². The van der Waals surface area contributed by atoms with Crippen LogP contribution in [0.3, 0.4) is 0 Å². The number of hydrogen-bond donors (Lipinski definition) is 2. The van der Waals surface area contributed by atoms with Crippen LogP contribution in [0.2, 0.25) is 0 Å². The summed E-state index contributed by atoms with van der Waals surface area (Å²) in [6.45, 7) is 2.04. The molecule has 1 amide bonds. The second kappa shape index (κ2) is 6.81. The molecule has 0 unspecified atom stereocenters. The minimum absolute atomic E-state index is 0.192. The summed E-state index contributed by atoms with van der Waals surface area (Å²) < 4.78 is 4.89. The lowest BCUT2D eigenvalue weighted by Crippen LogP contribution is -2.21. The number of carbonyl (C=O) groups is 3. The van der Waals surface area contributed by atoms with E-state index in [0.717, 1.165) is 16.9 Å². The Morgan fingerprint density at radius 2 is 1.95 bits per heavy atom. The van der Waals surface area contributed by atoms with Crippen molar-refractivity contribution in [3.05, 3.63) is 35.2 Å². The average Bonchev–Trinajstić information content (AvgIpc) is 2.96.